The smallest absolute Gasteiger partial charge is 0.0273 e. The molecule has 1 aliphatic heterocycles. The van der Waals surface area contributed by atoms with E-state index in [-0.39, 0.29) is 0 Å². The van der Waals surface area contributed by atoms with Crippen LogP contribution in [-0.4, -0.2) is 24.6 Å². The molecule has 74 valence electrons. The molecule has 14 heavy (non-hydrogen) atoms. The van der Waals surface area contributed by atoms with Crippen LogP contribution in [0.25, 0.3) is 6.08 Å². The zero-order valence-electron chi connectivity index (χ0n) is 8.37. The second-order valence-electron chi connectivity index (χ2n) is 3.59. The molecule has 2 nitrogen and oxygen atoms in total. The van der Waals surface area contributed by atoms with Crippen molar-refractivity contribution in [2.45, 2.75) is 6.42 Å². The summed E-state index contributed by atoms with van der Waals surface area (Å²) in [7, 11) is 0. The van der Waals surface area contributed by atoms with E-state index in [1.165, 1.54) is 24.2 Å². The molecule has 1 heterocycles. The summed E-state index contributed by atoms with van der Waals surface area (Å²) in [5, 5.41) is 2.22. The third-order valence-corrected chi connectivity index (χ3v) is 2.41. The maximum atomic E-state index is 3.74. The van der Waals surface area contributed by atoms with Gasteiger partial charge in [0.05, 0.1) is 0 Å². The lowest BCUT2D eigenvalue weighted by Gasteiger charge is -2.04. The number of rotatable bonds is 5. The molecule has 0 bridgehead atoms. The fraction of sp³-hybridized carbons (Fsp3) is 0.333. The Hall–Kier alpha value is -1.12. The van der Waals surface area contributed by atoms with Gasteiger partial charge in [0.25, 0.3) is 0 Å². The van der Waals surface area contributed by atoms with Gasteiger partial charge < -0.3 is 0 Å². The van der Waals surface area contributed by atoms with Crippen molar-refractivity contribution in [3.63, 3.8) is 0 Å². The number of benzene rings is 1. The van der Waals surface area contributed by atoms with E-state index < -0.39 is 0 Å². The quantitative estimate of drug-likeness (QED) is 0.707. The van der Waals surface area contributed by atoms with Crippen molar-refractivity contribution >= 4 is 6.08 Å². The number of hydrogen-bond acceptors (Lipinski definition) is 2. The van der Waals surface area contributed by atoms with Gasteiger partial charge >= 0.3 is 0 Å². The normalized spacial score (nSPS) is 15.4. The van der Waals surface area contributed by atoms with Gasteiger partial charge in [-0.15, -0.1) is 0 Å². The minimum Gasteiger partial charge on any atom is -0.255 e. The fourth-order valence-electron chi connectivity index (χ4n) is 1.39. The molecule has 1 aromatic carbocycles. The van der Waals surface area contributed by atoms with Gasteiger partial charge in [0.1, 0.15) is 0 Å². The summed E-state index contributed by atoms with van der Waals surface area (Å²) >= 11 is 0. The van der Waals surface area contributed by atoms with Crippen LogP contribution in [0.3, 0.4) is 0 Å². The standard InChI is InChI=1S/C12H16N2/c1-2-11-3-5-12(6-4-11)7-8-13-14-9-10-14/h2-6,13H,1,7-10H2. The highest BCUT2D eigenvalue weighted by molar-refractivity contribution is 5.47. The minimum absolute atomic E-state index is 1.04. The van der Waals surface area contributed by atoms with Gasteiger partial charge in [-0.05, 0) is 17.5 Å². The molecule has 2 heteroatoms. The molecule has 1 aromatic rings. The minimum atomic E-state index is 1.04. The van der Waals surface area contributed by atoms with Crippen molar-refractivity contribution in [3.05, 3.63) is 42.0 Å². The van der Waals surface area contributed by atoms with E-state index in [2.05, 4.69) is 41.3 Å². The van der Waals surface area contributed by atoms with Crippen LogP contribution in [0, 0.1) is 0 Å². The van der Waals surface area contributed by atoms with Crippen molar-refractivity contribution in [3.8, 4) is 0 Å². The molecule has 0 aromatic heterocycles. The molecule has 1 aliphatic rings. The Morgan fingerprint density at radius 3 is 2.57 bits per heavy atom. The van der Waals surface area contributed by atoms with Crippen LogP contribution >= 0.6 is 0 Å². The summed E-state index contributed by atoms with van der Waals surface area (Å²) < 4.78 is 0. The monoisotopic (exact) mass is 188 g/mol. The van der Waals surface area contributed by atoms with E-state index in [9.17, 15) is 0 Å². The Morgan fingerprint density at radius 2 is 2.00 bits per heavy atom. The van der Waals surface area contributed by atoms with Crippen molar-refractivity contribution in [1.82, 2.24) is 10.4 Å². The van der Waals surface area contributed by atoms with Crippen LogP contribution in [0.2, 0.25) is 0 Å². The SMILES string of the molecule is C=Cc1ccc(CCNN2CC2)cc1. The highest BCUT2D eigenvalue weighted by Gasteiger charge is 2.15. The topological polar surface area (TPSA) is 15.0 Å². The Balaban J connectivity index is 1.79. The number of hydrazine groups is 1. The second kappa shape index (κ2) is 4.40. The van der Waals surface area contributed by atoms with Gasteiger partial charge in [0.2, 0.25) is 0 Å². The van der Waals surface area contributed by atoms with E-state index >= 15 is 0 Å². The molecular weight excluding hydrogens is 172 g/mol. The van der Waals surface area contributed by atoms with E-state index in [4.69, 9.17) is 0 Å². The van der Waals surface area contributed by atoms with Gasteiger partial charge in [-0.2, -0.15) is 0 Å². The third kappa shape index (κ3) is 2.69. The second-order valence-corrected chi connectivity index (χ2v) is 3.59. The number of nitrogens with zero attached hydrogens (tertiary/aromatic N) is 1. The highest BCUT2D eigenvalue weighted by Crippen LogP contribution is 2.06. The van der Waals surface area contributed by atoms with E-state index in [0.717, 1.165) is 13.0 Å². The van der Waals surface area contributed by atoms with Crippen LogP contribution in [0.4, 0.5) is 0 Å². The first-order chi connectivity index (χ1) is 6.88. The van der Waals surface area contributed by atoms with Crippen LogP contribution in [0.5, 0.6) is 0 Å². The largest absolute Gasteiger partial charge is 0.255 e. The molecule has 0 spiro atoms. The van der Waals surface area contributed by atoms with Crippen molar-refractivity contribution in [1.29, 1.82) is 0 Å². The van der Waals surface area contributed by atoms with Crippen LogP contribution in [0.15, 0.2) is 30.8 Å². The van der Waals surface area contributed by atoms with Crippen molar-refractivity contribution < 1.29 is 0 Å². The van der Waals surface area contributed by atoms with E-state index in [1.54, 1.807) is 0 Å². The third-order valence-electron chi connectivity index (χ3n) is 2.41. The van der Waals surface area contributed by atoms with Crippen molar-refractivity contribution in [2.24, 2.45) is 0 Å². The summed E-state index contributed by atoms with van der Waals surface area (Å²) in [5.41, 5.74) is 5.91. The molecule has 0 saturated carbocycles. The zero-order chi connectivity index (χ0) is 9.80. The first-order valence-electron chi connectivity index (χ1n) is 5.08. The van der Waals surface area contributed by atoms with Crippen LogP contribution < -0.4 is 5.43 Å². The summed E-state index contributed by atoms with van der Waals surface area (Å²) in [5.74, 6) is 0. The maximum Gasteiger partial charge on any atom is 0.0273 e. The van der Waals surface area contributed by atoms with Gasteiger partial charge in [0, 0.05) is 19.6 Å². The fourth-order valence-corrected chi connectivity index (χ4v) is 1.39. The van der Waals surface area contributed by atoms with Gasteiger partial charge in [-0.25, -0.2) is 5.01 Å². The molecule has 1 saturated heterocycles. The first-order valence-corrected chi connectivity index (χ1v) is 5.08. The lowest BCUT2D eigenvalue weighted by Crippen LogP contribution is -2.23. The van der Waals surface area contributed by atoms with Crippen LogP contribution in [-0.2, 0) is 6.42 Å². The average molecular weight is 188 g/mol. The molecular formula is C12H16N2. The maximum absolute atomic E-state index is 3.74. The van der Waals surface area contributed by atoms with Crippen molar-refractivity contribution in [2.75, 3.05) is 19.6 Å². The molecule has 0 atom stereocenters. The molecule has 1 N–H and O–H groups in total. The molecule has 1 fully saturated rings. The molecule has 0 amide bonds. The number of hydrogen-bond donors (Lipinski definition) is 1. The summed E-state index contributed by atoms with van der Waals surface area (Å²) in [6.45, 7) is 7.18. The molecule has 0 radical (unpaired) electrons. The summed E-state index contributed by atoms with van der Waals surface area (Å²) in [6.07, 6.45) is 2.96. The Labute approximate surface area is 85.2 Å². The predicted octanol–water partition coefficient (Wildman–Crippen LogP) is 1.69. The Bertz CT molecular complexity index is 299. The molecule has 0 aliphatic carbocycles. The first kappa shape index (κ1) is 9.44. The predicted molar refractivity (Wildman–Crippen MR) is 59.8 cm³/mol. The van der Waals surface area contributed by atoms with Crippen LogP contribution in [0.1, 0.15) is 11.1 Å². The lowest BCUT2D eigenvalue weighted by atomic mass is 10.1. The van der Waals surface area contributed by atoms with Gasteiger partial charge in [0.15, 0.2) is 0 Å². The number of nitrogens with one attached hydrogen (secondary N) is 1. The molecule has 0 unspecified atom stereocenters. The average Bonchev–Trinajstić information content (AvgIpc) is 3.03. The van der Waals surface area contributed by atoms with E-state index in [1.807, 2.05) is 6.08 Å². The van der Waals surface area contributed by atoms with Gasteiger partial charge in [-0.1, -0.05) is 36.9 Å². The van der Waals surface area contributed by atoms with E-state index in [0.29, 0.717) is 0 Å². The zero-order valence-corrected chi connectivity index (χ0v) is 8.37. The lowest BCUT2D eigenvalue weighted by molar-refractivity contribution is 0.407. The summed E-state index contributed by atoms with van der Waals surface area (Å²) in [6, 6.07) is 8.56. The Morgan fingerprint density at radius 1 is 1.29 bits per heavy atom. The highest BCUT2D eigenvalue weighted by atomic mass is 15.6. The summed E-state index contributed by atoms with van der Waals surface area (Å²) in [4.78, 5) is 0. The molecule has 2 rings (SSSR count). The van der Waals surface area contributed by atoms with Gasteiger partial charge in [-0.3, -0.25) is 5.43 Å². The Kier molecular flexibility index (Phi) is 2.96.